The van der Waals surface area contributed by atoms with Gasteiger partial charge in [0, 0.05) is 43.9 Å². The van der Waals surface area contributed by atoms with Gasteiger partial charge in [-0.05, 0) is 19.1 Å². The highest BCUT2D eigenvalue weighted by atomic mass is 19.3. The first-order valence-corrected chi connectivity index (χ1v) is 10.4. The SMILES string of the molecule is Cc1nn(CC(=O)N2CCN(Cc3ccccc3F)CC2)c2nc(C(F)F)cc(C(F)F)c12. The second kappa shape index (κ2) is 9.42. The fraction of sp³-hybridized carbons (Fsp3) is 0.409. The van der Waals surface area contributed by atoms with Crippen LogP contribution < -0.4 is 0 Å². The van der Waals surface area contributed by atoms with Crippen LogP contribution in [-0.2, 0) is 17.9 Å². The molecule has 0 saturated carbocycles. The zero-order chi connectivity index (χ0) is 23.7. The molecule has 11 heteroatoms. The van der Waals surface area contributed by atoms with E-state index < -0.39 is 24.1 Å². The number of carbonyl (C=O) groups is 1. The highest BCUT2D eigenvalue weighted by molar-refractivity contribution is 5.85. The Morgan fingerprint density at radius 1 is 1.06 bits per heavy atom. The monoisotopic (exact) mass is 467 g/mol. The molecular formula is C22H22F5N5O. The van der Waals surface area contributed by atoms with Crippen molar-refractivity contribution in [1.29, 1.82) is 0 Å². The van der Waals surface area contributed by atoms with Crippen molar-refractivity contribution in [2.45, 2.75) is 32.9 Å². The largest absolute Gasteiger partial charge is 0.339 e. The van der Waals surface area contributed by atoms with Gasteiger partial charge in [0.15, 0.2) is 5.65 Å². The summed E-state index contributed by atoms with van der Waals surface area (Å²) >= 11 is 0. The molecule has 2 aromatic heterocycles. The third-order valence-corrected chi connectivity index (χ3v) is 5.75. The summed E-state index contributed by atoms with van der Waals surface area (Å²) in [6.07, 6.45) is -6.02. The van der Waals surface area contributed by atoms with Gasteiger partial charge in [0.05, 0.1) is 11.1 Å². The molecule has 1 aromatic carbocycles. The van der Waals surface area contributed by atoms with E-state index in [9.17, 15) is 26.7 Å². The minimum Gasteiger partial charge on any atom is -0.339 e. The highest BCUT2D eigenvalue weighted by Crippen LogP contribution is 2.32. The van der Waals surface area contributed by atoms with Crippen LogP contribution in [0, 0.1) is 12.7 Å². The van der Waals surface area contributed by atoms with Crippen molar-refractivity contribution in [2.24, 2.45) is 0 Å². The highest BCUT2D eigenvalue weighted by Gasteiger charge is 2.26. The van der Waals surface area contributed by atoms with E-state index in [4.69, 9.17) is 0 Å². The molecule has 176 valence electrons. The third kappa shape index (κ3) is 4.82. The number of amides is 1. The van der Waals surface area contributed by atoms with Crippen molar-refractivity contribution in [3.8, 4) is 0 Å². The van der Waals surface area contributed by atoms with Crippen LogP contribution in [-0.4, -0.2) is 56.7 Å². The second-order valence-corrected chi connectivity index (χ2v) is 7.93. The number of alkyl halides is 4. The van der Waals surface area contributed by atoms with E-state index in [1.54, 1.807) is 23.1 Å². The lowest BCUT2D eigenvalue weighted by Gasteiger charge is -2.34. The van der Waals surface area contributed by atoms with Gasteiger partial charge in [-0.15, -0.1) is 0 Å². The summed E-state index contributed by atoms with van der Waals surface area (Å²) in [7, 11) is 0. The van der Waals surface area contributed by atoms with Gasteiger partial charge >= 0.3 is 0 Å². The number of halogens is 5. The van der Waals surface area contributed by atoms with Crippen molar-refractivity contribution >= 4 is 16.9 Å². The number of hydrogen-bond acceptors (Lipinski definition) is 4. The van der Waals surface area contributed by atoms with Crippen LogP contribution in [0.1, 0.15) is 35.4 Å². The Balaban J connectivity index is 1.48. The van der Waals surface area contributed by atoms with Crippen LogP contribution in [0.15, 0.2) is 30.3 Å². The van der Waals surface area contributed by atoms with Gasteiger partial charge in [-0.3, -0.25) is 9.69 Å². The molecule has 0 radical (unpaired) electrons. The summed E-state index contributed by atoms with van der Waals surface area (Å²) in [5.41, 5.74) is -0.754. The molecule has 4 rings (SSSR count). The minimum atomic E-state index is -3.03. The first-order valence-electron chi connectivity index (χ1n) is 10.4. The summed E-state index contributed by atoms with van der Waals surface area (Å²) in [5, 5.41) is 4.11. The number of benzene rings is 1. The third-order valence-electron chi connectivity index (χ3n) is 5.75. The molecular weight excluding hydrogens is 445 g/mol. The van der Waals surface area contributed by atoms with Crippen molar-refractivity contribution in [2.75, 3.05) is 26.2 Å². The van der Waals surface area contributed by atoms with E-state index >= 15 is 0 Å². The smallest absolute Gasteiger partial charge is 0.280 e. The Morgan fingerprint density at radius 3 is 2.39 bits per heavy atom. The normalized spacial score (nSPS) is 15.2. The van der Waals surface area contributed by atoms with E-state index in [0.29, 0.717) is 44.4 Å². The maximum atomic E-state index is 13.9. The maximum Gasteiger partial charge on any atom is 0.280 e. The number of fused-ring (bicyclic) bond motifs is 1. The summed E-state index contributed by atoms with van der Waals surface area (Å²) < 4.78 is 68.4. The number of piperazine rings is 1. The zero-order valence-electron chi connectivity index (χ0n) is 17.8. The van der Waals surface area contributed by atoms with Gasteiger partial charge < -0.3 is 4.90 Å². The molecule has 3 aromatic rings. The van der Waals surface area contributed by atoms with Crippen LogP contribution in [0.2, 0.25) is 0 Å². The molecule has 1 aliphatic heterocycles. The lowest BCUT2D eigenvalue weighted by atomic mass is 10.1. The van der Waals surface area contributed by atoms with Gasteiger partial charge in [0.1, 0.15) is 18.1 Å². The number of rotatable bonds is 6. The molecule has 0 spiro atoms. The molecule has 0 atom stereocenters. The Morgan fingerprint density at radius 2 is 1.76 bits per heavy atom. The quantitative estimate of drug-likeness (QED) is 0.513. The summed E-state index contributed by atoms with van der Waals surface area (Å²) in [6.45, 7) is 3.44. The molecule has 1 aliphatic rings. The molecule has 1 fully saturated rings. The van der Waals surface area contributed by atoms with Crippen molar-refractivity contribution in [3.05, 3.63) is 58.7 Å². The molecule has 6 nitrogen and oxygen atoms in total. The average molecular weight is 467 g/mol. The first-order chi connectivity index (χ1) is 15.7. The van der Waals surface area contributed by atoms with E-state index in [1.165, 1.54) is 13.0 Å². The van der Waals surface area contributed by atoms with Crippen LogP contribution in [0.4, 0.5) is 22.0 Å². The average Bonchev–Trinajstić information content (AvgIpc) is 3.10. The van der Waals surface area contributed by atoms with E-state index in [-0.39, 0.29) is 35.0 Å². The van der Waals surface area contributed by atoms with Crippen LogP contribution >= 0.6 is 0 Å². The number of carbonyl (C=O) groups excluding carboxylic acids is 1. The standard InChI is InChI=1S/C22H22F5N5O/c1-13-19-15(20(24)25)10-17(21(26)27)28-22(19)32(29-13)12-18(33)31-8-6-30(7-9-31)11-14-4-2-3-5-16(14)23/h2-5,10,20-21H,6-9,11-12H2,1H3. The molecule has 1 saturated heterocycles. The summed E-state index contributed by atoms with van der Waals surface area (Å²) in [6, 6.07) is 7.19. The summed E-state index contributed by atoms with van der Waals surface area (Å²) in [4.78, 5) is 20.3. The molecule has 0 bridgehead atoms. The first kappa shape index (κ1) is 23.1. The lowest BCUT2D eigenvalue weighted by molar-refractivity contribution is -0.133. The maximum absolute atomic E-state index is 13.9. The lowest BCUT2D eigenvalue weighted by Crippen LogP contribution is -2.49. The van der Waals surface area contributed by atoms with Crippen LogP contribution in [0.5, 0.6) is 0 Å². The minimum absolute atomic E-state index is 0.0168. The van der Waals surface area contributed by atoms with Crippen LogP contribution in [0.3, 0.4) is 0 Å². The fourth-order valence-electron chi connectivity index (χ4n) is 4.05. The Bertz CT molecular complexity index is 1160. The van der Waals surface area contributed by atoms with Gasteiger partial charge in [0.25, 0.3) is 12.9 Å². The van der Waals surface area contributed by atoms with Crippen molar-refractivity contribution in [3.63, 3.8) is 0 Å². The molecule has 3 heterocycles. The Labute approximate surface area is 186 Å². The van der Waals surface area contributed by atoms with Crippen molar-refractivity contribution in [1.82, 2.24) is 24.6 Å². The Hall–Kier alpha value is -3.08. The number of pyridine rings is 1. The van der Waals surface area contributed by atoms with Gasteiger partial charge in [-0.2, -0.15) is 5.10 Å². The van der Waals surface area contributed by atoms with E-state index in [1.807, 2.05) is 4.90 Å². The predicted molar refractivity (Wildman–Crippen MR) is 110 cm³/mol. The van der Waals surface area contributed by atoms with E-state index in [0.717, 1.165) is 4.68 Å². The number of nitrogens with zero attached hydrogens (tertiary/aromatic N) is 5. The second-order valence-electron chi connectivity index (χ2n) is 7.93. The predicted octanol–water partition coefficient (Wildman–Crippen LogP) is 4.10. The van der Waals surface area contributed by atoms with Crippen LogP contribution in [0.25, 0.3) is 11.0 Å². The van der Waals surface area contributed by atoms with Gasteiger partial charge in [-0.25, -0.2) is 31.6 Å². The number of aromatic nitrogens is 3. The van der Waals surface area contributed by atoms with Crippen molar-refractivity contribution < 1.29 is 26.7 Å². The molecule has 33 heavy (non-hydrogen) atoms. The molecule has 0 aliphatic carbocycles. The molecule has 0 unspecified atom stereocenters. The molecule has 0 N–H and O–H groups in total. The van der Waals surface area contributed by atoms with E-state index in [2.05, 4.69) is 10.1 Å². The fourth-order valence-corrected chi connectivity index (χ4v) is 4.05. The summed E-state index contributed by atoms with van der Waals surface area (Å²) in [5.74, 6) is -0.608. The topological polar surface area (TPSA) is 54.3 Å². The molecule has 1 amide bonds. The van der Waals surface area contributed by atoms with Gasteiger partial charge in [-0.1, -0.05) is 18.2 Å². The zero-order valence-corrected chi connectivity index (χ0v) is 17.8. The van der Waals surface area contributed by atoms with Gasteiger partial charge in [0.2, 0.25) is 5.91 Å². The number of hydrogen-bond donors (Lipinski definition) is 0. The Kier molecular flexibility index (Phi) is 6.59. The number of aryl methyl sites for hydroxylation is 1.